The molecule has 0 saturated carbocycles. The lowest BCUT2D eigenvalue weighted by atomic mass is 10.0. The number of rotatable bonds is 3. The highest BCUT2D eigenvalue weighted by Crippen LogP contribution is 2.32. The van der Waals surface area contributed by atoms with Crippen molar-refractivity contribution in [2.24, 2.45) is 0 Å². The van der Waals surface area contributed by atoms with E-state index in [4.69, 9.17) is 4.74 Å². The van der Waals surface area contributed by atoms with Crippen molar-refractivity contribution in [1.82, 2.24) is 9.88 Å². The standard InChI is InChI=1S/C17H18N2O2/c1-21-16-10-9-14(12-18-16)17(20)19-11-5-8-15(19)13-6-3-2-4-7-13/h2-4,6-7,9-10,12,15H,5,8,11H2,1H3. The van der Waals surface area contributed by atoms with Gasteiger partial charge in [0.15, 0.2) is 0 Å². The van der Waals surface area contributed by atoms with Crippen LogP contribution < -0.4 is 4.74 Å². The molecule has 0 aliphatic carbocycles. The summed E-state index contributed by atoms with van der Waals surface area (Å²) < 4.78 is 5.03. The first kappa shape index (κ1) is 13.6. The van der Waals surface area contributed by atoms with Crippen LogP contribution in [0.25, 0.3) is 0 Å². The Bertz CT molecular complexity index is 610. The van der Waals surface area contributed by atoms with E-state index in [2.05, 4.69) is 17.1 Å². The highest BCUT2D eigenvalue weighted by Gasteiger charge is 2.30. The molecular weight excluding hydrogens is 264 g/mol. The summed E-state index contributed by atoms with van der Waals surface area (Å²) in [5.74, 6) is 0.559. The van der Waals surface area contributed by atoms with Crippen molar-refractivity contribution < 1.29 is 9.53 Å². The zero-order valence-electron chi connectivity index (χ0n) is 12.0. The lowest BCUT2D eigenvalue weighted by Gasteiger charge is -2.25. The number of likely N-dealkylation sites (tertiary alicyclic amines) is 1. The molecule has 2 aromatic rings. The van der Waals surface area contributed by atoms with E-state index in [-0.39, 0.29) is 11.9 Å². The van der Waals surface area contributed by atoms with Crippen LogP contribution >= 0.6 is 0 Å². The predicted molar refractivity (Wildman–Crippen MR) is 80.2 cm³/mol. The molecule has 2 heterocycles. The molecule has 1 fully saturated rings. The molecule has 0 spiro atoms. The summed E-state index contributed by atoms with van der Waals surface area (Å²) in [7, 11) is 1.57. The van der Waals surface area contributed by atoms with Gasteiger partial charge in [0.25, 0.3) is 5.91 Å². The molecule has 1 aromatic heterocycles. The molecule has 1 aliphatic heterocycles. The Balaban J connectivity index is 1.82. The second-order valence-electron chi connectivity index (χ2n) is 5.16. The molecule has 1 saturated heterocycles. The fraction of sp³-hybridized carbons (Fsp3) is 0.294. The summed E-state index contributed by atoms with van der Waals surface area (Å²) in [5, 5.41) is 0. The zero-order chi connectivity index (χ0) is 14.7. The maximum Gasteiger partial charge on any atom is 0.255 e. The van der Waals surface area contributed by atoms with Crippen LogP contribution in [0.4, 0.5) is 0 Å². The van der Waals surface area contributed by atoms with Crippen LogP contribution in [0.3, 0.4) is 0 Å². The van der Waals surface area contributed by atoms with Crippen molar-refractivity contribution >= 4 is 5.91 Å². The highest BCUT2D eigenvalue weighted by molar-refractivity contribution is 5.94. The lowest BCUT2D eigenvalue weighted by molar-refractivity contribution is 0.0735. The number of amides is 1. The van der Waals surface area contributed by atoms with Crippen molar-refractivity contribution in [1.29, 1.82) is 0 Å². The summed E-state index contributed by atoms with van der Waals surface area (Å²) >= 11 is 0. The van der Waals surface area contributed by atoms with Gasteiger partial charge in [-0.2, -0.15) is 0 Å². The molecule has 4 nitrogen and oxygen atoms in total. The number of aromatic nitrogens is 1. The normalized spacial score (nSPS) is 17.8. The highest BCUT2D eigenvalue weighted by atomic mass is 16.5. The SMILES string of the molecule is COc1ccc(C(=O)N2CCCC2c2ccccc2)cn1. The van der Waals surface area contributed by atoms with Gasteiger partial charge < -0.3 is 9.64 Å². The van der Waals surface area contributed by atoms with Crippen molar-refractivity contribution in [2.45, 2.75) is 18.9 Å². The second kappa shape index (κ2) is 5.95. The van der Waals surface area contributed by atoms with Gasteiger partial charge in [-0.1, -0.05) is 30.3 Å². The van der Waals surface area contributed by atoms with Crippen molar-refractivity contribution in [3.63, 3.8) is 0 Å². The Kier molecular flexibility index (Phi) is 3.86. The Morgan fingerprint density at radius 1 is 1.24 bits per heavy atom. The first-order valence-electron chi connectivity index (χ1n) is 7.15. The van der Waals surface area contributed by atoms with E-state index in [9.17, 15) is 4.79 Å². The number of carbonyl (C=O) groups excluding carboxylic acids is 1. The van der Waals surface area contributed by atoms with Gasteiger partial charge in [-0.05, 0) is 24.5 Å². The number of pyridine rings is 1. The minimum Gasteiger partial charge on any atom is -0.481 e. The largest absolute Gasteiger partial charge is 0.481 e. The van der Waals surface area contributed by atoms with Gasteiger partial charge >= 0.3 is 0 Å². The predicted octanol–water partition coefficient (Wildman–Crippen LogP) is 3.07. The number of nitrogens with zero attached hydrogens (tertiary/aromatic N) is 2. The zero-order valence-corrected chi connectivity index (χ0v) is 12.0. The molecule has 0 radical (unpaired) electrons. The molecular formula is C17H18N2O2. The number of benzene rings is 1. The monoisotopic (exact) mass is 282 g/mol. The van der Waals surface area contributed by atoms with Gasteiger partial charge in [0.05, 0.1) is 18.7 Å². The third-order valence-corrected chi connectivity index (χ3v) is 3.89. The van der Waals surface area contributed by atoms with Crippen molar-refractivity contribution in [3.8, 4) is 5.88 Å². The van der Waals surface area contributed by atoms with Crippen LogP contribution in [0.5, 0.6) is 5.88 Å². The van der Waals surface area contributed by atoms with Gasteiger partial charge in [0.1, 0.15) is 0 Å². The molecule has 0 N–H and O–H groups in total. The molecule has 1 aromatic carbocycles. The fourth-order valence-corrected chi connectivity index (χ4v) is 2.82. The summed E-state index contributed by atoms with van der Waals surface area (Å²) in [6.45, 7) is 0.796. The molecule has 1 aliphatic rings. The van der Waals surface area contributed by atoms with E-state index in [1.807, 2.05) is 23.1 Å². The number of hydrogen-bond acceptors (Lipinski definition) is 3. The maximum atomic E-state index is 12.7. The van der Waals surface area contributed by atoms with Gasteiger partial charge in [0, 0.05) is 18.8 Å². The smallest absolute Gasteiger partial charge is 0.255 e. The Morgan fingerprint density at radius 3 is 2.71 bits per heavy atom. The first-order valence-corrected chi connectivity index (χ1v) is 7.15. The molecule has 4 heteroatoms. The maximum absolute atomic E-state index is 12.7. The topological polar surface area (TPSA) is 42.4 Å². The van der Waals surface area contributed by atoms with Gasteiger partial charge in [0.2, 0.25) is 5.88 Å². The van der Waals surface area contributed by atoms with Gasteiger partial charge in [-0.25, -0.2) is 4.98 Å². The molecule has 1 amide bonds. The molecule has 1 atom stereocenters. The lowest BCUT2D eigenvalue weighted by Crippen LogP contribution is -2.30. The number of ether oxygens (including phenoxy) is 1. The van der Waals surface area contributed by atoms with E-state index >= 15 is 0 Å². The third-order valence-electron chi connectivity index (χ3n) is 3.89. The van der Waals surface area contributed by atoms with E-state index in [1.54, 1.807) is 25.4 Å². The third kappa shape index (κ3) is 2.75. The summed E-state index contributed by atoms with van der Waals surface area (Å²) in [6.07, 6.45) is 3.63. The van der Waals surface area contributed by atoms with Crippen LogP contribution in [0, 0.1) is 0 Å². The average molecular weight is 282 g/mol. The first-order chi connectivity index (χ1) is 10.3. The molecule has 21 heavy (non-hydrogen) atoms. The minimum absolute atomic E-state index is 0.0384. The fourth-order valence-electron chi connectivity index (χ4n) is 2.82. The van der Waals surface area contributed by atoms with Crippen LogP contribution in [0.15, 0.2) is 48.7 Å². The summed E-state index contributed by atoms with van der Waals surface area (Å²) in [4.78, 5) is 18.7. The molecule has 0 bridgehead atoms. The summed E-state index contributed by atoms with van der Waals surface area (Å²) in [6, 6.07) is 13.9. The van der Waals surface area contributed by atoms with Crippen LogP contribution in [-0.2, 0) is 0 Å². The van der Waals surface area contributed by atoms with Gasteiger partial charge in [-0.15, -0.1) is 0 Å². The van der Waals surface area contributed by atoms with E-state index in [0.717, 1.165) is 19.4 Å². The van der Waals surface area contributed by atoms with Gasteiger partial charge in [-0.3, -0.25) is 4.79 Å². The second-order valence-corrected chi connectivity index (χ2v) is 5.16. The van der Waals surface area contributed by atoms with Crippen molar-refractivity contribution in [3.05, 3.63) is 59.8 Å². The van der Waals surface area contributed by atoms with Crippen molar-refractivity contribution in [2.75, 3.05) is 13.7 Å². The van der Waals surface area contributed by atoms with E-state index < -0.39 is 0 Å². The quantitative estimate of drug-likeness (QED) is 0.869. The number of hydrogen-bond donors (Lipinski definition) is 0. The Morgan fingerprint density at radius 2 is 2.05 bits per heavy atom. The number of carbonyl (C=O) groups is 1. The van der Waals surface area contributed by atoms with Crippen LogP contribution in [0.2, 0.25) is 0 Å². The molecule has 108 valence electrons. The van der Waals surface area contributed by atoms with Crippen LogP contribution in [0.1, 0.15) is 34.8 Å². The number of methoxy groups -OCH3 is 1. The Hall–Kier alpha value is -2.36. The average Bonchev–Trinajstić information content (AvgIpc) is 3.04. The van der Waals surface area contributed by atoms with E-state index in [1.165, 1.54) is 5.56 Å². The molecule has 1 unspecified atom stereocenters. The minimum atomic E-state index is 0.0384. The Labute approximate surface area is 124 Å². The summed E-state index contributed by atoms with van der Waals surface area (Å²) in [5.41, 5.74) is 1.81. The van der Waals surface area contributed by atoms with Crippen LogP contribution in [-0.4, -0.2) is 29.4 Å². The molecule has 3 rings (SSSR count). The van der Waals surface area contributed by atoms with E-state index in [0.29, 0.717) is 11.4 Å².